The van der Waals surface area contributed by atoms with Crippen LogP contribution in [0.1, 0.15) is 48.7 Å². The summed E-state index contributed by atoms with van der Waals surface area (Å²) in [5.41, 5.74) is 2.46. The number of rotatable bonds is 2. The summed E-state index contributed by atoms with van der Waals surface area (Å²) < 4.78 is 24.2. The summed E-state index contributed by atoms with van der Waals surface area (Å²) in [6.45, 7) is 3.77. The lowest BCUT2D eigenvalue weighted by Crippen LogP contribution is -2.54. The van der Waals surface area contributed by atoms with Gasteiger partial charge in [0.05, 0.1) is 22.1 Å². The minimum Gasteiger partial charge on any atom is -0.334 e. The van der Waals surface area contributed by atoms with Crippen molar-refractivity contribution in [1.82, 2.24) is 9.88 Å². The number of benzene rings is 1. The zero-order chi connectivity index (χ0) is 17.8. The van der Waals surface area contributed by atoms with Gasteiger partial charge in [0.2, 0.25) is 0 Å². The zero-order valence-electron chi connectivity index (χ0n) is 14.5. The molecule has 6 heteroatoms. The second kappa shape index (κ2) is 5.80. The molecule has 4 rings (SSSR count). The largest absolute Gasteiger partial charge is 0.334 e. The van der Waals surface area contributed by atoms with E-state index in [4.69, 9.17) is 4.98 Å². The van der Waals surface area contributed by atoms with Crippen LogP contribution in [0, 0.1) is 0 Å². The quantitative estimate of drug-likeness (QED) is 0.828. The number of carbonyl (C=O) groups excluding carboxylic acids is 1. The molecule has 0 N–H and O–H groups in total. The third-order valence-corrected chi connectivity index (χ3v) is 7.86. The molecule has 0 radical (unpaired) electrons. The molecule has 1 saturated carbocycles. The molecular formula is C19H22N2O3S. The highest BCUT2D eigenvalue weighted by Gasteiger charge is 2.39. The average molecular weight is 358 g/mol. The van der Waals surface area contributed by atoms with E-state index in [2.05, 4.69) is 0 Å². The molecule has 1 aliphatic carbocycles. The van der Waals surface area contributed by atoms with Crippen LogP contribution in [0.3, 0.4) is 0 Å². The van der Waals surface area contributed by atoms with Crippen LogP contribution in [0.15, 0.2) is 30.3 Å². The number of fused-ring (bicyclic) bond motifs is 1. The number of aromatic nitrogens is 1. The molecule has 0 spiro atoms. The molecule has 2 atom stereocenters. The highest BCUT2D eigenvalue weighted by Crippen LogP contribution is 2.40. The highest BCUT2D eigenvalue weighted by molar-refractivity contribution is 7.92. The van der Waals surface area contributed by atoms with E-state index >= 15 is 0 Å². The first-order valence-electron chi connectivity index (χ1n) is 8.80. The van der Waals surface area contributed by atoms with E-state index in [0.717, 1.165) is 29.4 Å². The van der Waals surface area contributed by atoms with Crippen LogP contribution in [0.5, 0.6) is 0 Å². The average Bonchev–Trinajstić information content (AvgIpc) is 3.43. The standard InChI is InChI=1S/C19H22N2O3S/c1-12-13(2)25(23,24)10-9-21(12)19(22)16-11-18(14-7-8-14)20-17-6-4-3-5-15(16)17/h3-6,11-14H,7-10H2,1-2H3. The van der Waals surface area contributed by atoms with E-state index in [1.54, 1.807) is 11.8 Å². The van der Waals surface area contributed by atoms with Gasteiger partial charge in [-0.3, -0.25) is 9.78 Å². The lowest BCUT2D eigenvalue weighted by molar-refractivity contribution is 0.0695. The fourth-order valence-electron chi connectivity index (χ4n) is 3.57. The first-order valence-corrected chi connectivity index (χ1v) is 10.5. The summed E-state index contributed by atoms with van der Waals surface area (Å²) in [5, 5.41) is 0.298. The van der Waals surface area contributed by atoms with Crippen molar-refractivity contribution >= 4 is 26.6 Å². The van der Waals surface area contributed by atoms with E-state index in [9.17, 15) is 13.2 Å². The van der Waals surface area contributed by atoms with Gasteiger partial charge in [0, 0.05) is 29.6 Å². The lowest BCUT2D eigenvalue weighted by atomic mass is 10.0. The van der Waals surface area contributed by atoms with Crippen molar-refractivity contribution in [3.05, 3.63) is 41.6 Å². The Kier molecular flexibility index (Phi) is 3.83. The second-order valence-corrected chi connectivity index (χ2v) is 9.67. The molecule has 25 heavy (non-hydrogen) atoms. The van der Waals surface area contributed by atoms with Gasteiger partial charge in [-0.1, -0.05) is 18.2 Å². The Morgan fingerprint density at radius 2 is 1.92 bits per heavy atom. The molecular weight excluding hydrogens is 336 g/mol. The normalized spacial score (nSPS) is 25.9. The van der Waals surface area contributed by atoms with Gasteiger partial charge in [0.1, 0.15) is 0 Å². The van der Waals surface area contributed by atoms with Crippen molar-refractivity contribution in [2.24, 2.45) is 0 Å². The Morgan fingerprint density at radius 1 is 1.20 bits per heavy atom. The number of amides is 1. The van der Waals surface area contributed by atoms with Crippen molar-refractivity contribution in [3.8, 4) is 0 Å². The molecule has 2 aliphatic rings. The topological polar surface area (TPSA) is 67.3 Å². The molecule has 2 aromatic rings. The second-order valence-electron chi connectivity index (χ2n) is 7.20. The van der Waals surface area contributed by atoms with E-state index in [0.29, 0.717) is 11.5 Å². The number of para-hydroxylation sites is 1. The van der Waals surface area contributed by atoms with Gasteiger partial charge in [-0.05, 0) is 38.8 Å². The predicted octanol–water partition coefficient (Wildman–Crippen LogP) is 2.76. The molecule has 0 bridgehead atoms. The molecule has 5 nitrogen and oxygen atoms in total. The fraction of sp³-hybridized carbons (Fsp3) is 0.474. The molecule has 1 aromatic carbocycles. The van der Waals surface area contributed by atoms with Crippen LogP contribution < -0.4 is 0 Å². The molecule has 1 aromatic heterocycles. The van der Waals surface area contributed by atoms with Gasteiger partial charge >= 0.3 is 0 Å². The van der Waals surface area contributed by atoms with E-state index in [-0.39, 0.29) is 24.2 Å². The zero-order valence-corrected chi connectivity index (χ0v) is 15.3. The summed E-state index contributed by atoms with van der Waals surface area (Å²) in [4.78, 5) is 19.7. The molecule has 2 heterocycles. The number of carbonyl (C=O) groups is 1. The van der Waals surface area contributed by atoms with Crippen LogP contribution in [0.4, 0.5) is 0 Å². The van der Waals surface area contributed by atoms with Crippen molar-refractivity contribution < 1.29 is 13.2 Å². The Bertz CT molecular complexity index is 950. The van der Waals surface area contributed by atoms with E-state index in [1.807, 2.05) is 37.3 Å². The highest BCUT2D eigenvalue weighted by atomic mass is 32.2. The maximum absolute atomic E-state index is 13.3. The Balaban J connectivity index is 1.77. The SMILES string of the molecule is CC1C(C)S(=O)(=O)CCN1C(=O)c1cc(C2CC2)nc2ccccc12. The number of hydrogen-bond acceptors (Lipinski definition) is 4. The lowest BCUT2D eigenvalue weighted by Gasteiger charge is -2.37. The van der Waals surface area contributed by atoms with Crippen LogP contribution in [0.25, 0.3) is 10.9 Å². The van der Waals surface area contributed by atoms with Crippen LogP contribution in [-0.4, -0.2) is 47.8 Å². The summed E-state index contributed by atoms with van der Waals surface area (Å²) in [5.74, 6) is 0.395. The fourth-order valence-corrected chi connectivity index (χ4v) is 5.14. The molecule has 1 amide bonds. The predicted molar refractivity (Wildman–Crippen MR) is 97.5 cm³/mol. The molecule has 2 unspecified atom stereocenters. The number of hydrogen-bond donors (Lipinski definition) is 0. The minimum absolute atomic E-state index is 0.0305. The summed E-state index contributed by atoms with van der Waals surface area (Å²) in [6.07, 6.45) is 2.24. The first kappa shape index (κ1) is 16.5. The first-order chi connectivity index (χ1) is 11.9. The molecule has 1 saturated heterocycles. The van der Waals surface area contributed by atoms with Gasteiger partial charge in [0.15, 0.2) is 9.84 Å². The van der Waals surface area contributed by atoms with Gasteiger partial charge in [-0.25, -0.2) is 8.42 Å². The Morgan fingerprint density at radius 3 is 2.64 bits per heavy atom. The van der Waals surface area contributed by atoms with E-state index < -0.39 is 15.1 Å². The maximum Gasteiger partial charge on any atom is 0.254 e. The summed E-state index contributed by atoms with van der Waals surface area (Å²) in [6, 6.07) is 9.28. The van der Waals surface area contributed by atoms with Gasteiger partial charge in [0.25, 0.3) is 5.91 Å². The molecule has 1 aliphatic heterocycles. The van der Waals surface area contributed by atoms with Crippen molar-refractivity contribution in [2.45, 2.75) is 43.9 Å². The monoisotopic (exact) mass is 358 g/mol. The summed E-state index contributed by atoms with van der Waals surface area (Å²) >= 11 is 0. The van der Waals surface area contributed by atoms with Crippen LogP contribution in [0.2, 0.25) is 0 Å². The smallest absolute Gasteiger partial charge is 0.254 e. The molecule has 132 valence electrons. The van der Waals surface area contributed by atoms with Crippen molar-refractivity contribution in [1.29, 1.82) is 0 Å². The molecule has 2 fully saturated rings. The Hall–Kier alpha value is -1.95. The van der Waals surface area contributed by atoms with Crippen molar-refractivity contribution in [2.75, 3.05) is 12.3 Å². The third kappa shape index (κ3) is 2.82. The Labute approximate surface area is 148 Å². The number of pyridine rings is 1. The van der Waals surface area contributed by atoms with Crippen LogP contribution >= 0.6 is 0 Å². The van der Waals surface area contributed by atoms with Crippen LogP contribution in [-0.2, 0) is 9.84 Å². The van der Waals surface area contributed by atoms with Gasteiger partial charge in [-0.15, -0.1) is 0 Å². The number of nitrogens with zero attached hydrogens (tertiary/aromatic N) is 2. The van der Waals surface area contributed by atoms with E-state index in [1.165, 1.54) is 0 Å². The van der Waals surface area contributed by atoms with Gasteiger partial charge < -0.3 is 4.90 Å². The minimum atomic E-state index is -3.12. The number of sulfone groups is 1. The summed E-state index contributed by atoms with van der Waals surface area (Å²) in [7, 11) is -3.12. The van der Waals surface area contributed by atoms with Gasteiger partial charge in [-0.2, -0.15) is 0 Å². The third-order valence-electron chi connectivity index (χ3n) is 5.58. The maximum atomic E-state index is 13.3. The van der Waals surface area contributed by atoms with Crippen molar-refractivity contribution in [3.63, 3.8) is 0 Å².